The highest BCUT2D eigenvalue weighted by molar-refractivity contribution is 7.80. The number of rotatable bonds is 10. The van der Waals surface area contributed by atoms with Gasteiger partial charge in [-0.05, 0) is 19.3 Å². The molecule has 0 fully saturated rings. The second-order valence-electron chi connectivity index (χ2n) is 5.82. The summed E-state index contributed by atoms with van der Waals surface area (Å²) in [5.74, 6) is -2.62. The molecular formula is C14H26N4O5S. The van der Waals surface area contributed by atoms with Crippen LogP contribution in [0.4, 0.5) is 0 Å². The van der Waals surface area contributed by atoms with E-state index >= 15 is 0 Å². The zero-order chi connectivity index (χ0) is 18.9. The van der Waals surface area contributed by atoms with Crippen LogP contribution in [0.15, 0.2) is 0 Å². The van der Waals surface area contributed by atoms with E-state index in [1.54, 1.807) is 0 Å². The number of carbonyl (C=O) groups is 4. The zero-order valence-electron chi connectivity index (χ0n) is 14.0. The first kappa shape index (κ1) is 22.2. The summed E-state index contributed by atoms with van der Waals surface area (Å²) in [7, 11) is 0. The first-order chi connectivity index (χ1) is 11.1. The molecule has 0 aliphatic heterocycles. The van der Waals surface area contributed by atoms with Crippen LogP contribution < -0.4 is 21.7 Å². The molecule has 3 unspecified atom stereocenters. The van der Waals surface area contributed by atoms with Crippen molar-refractivity contribution in [1.29, 1.82) is 0 Å². The van der Waals surface area contributed by atoms with Crippen LogP contribution >= 0.6 is 12.6 Å². The summed E-state index contributed by atoms with van der Waals surface area (Å²) in [5, 5.41) is 15.7. The molecule has 0 aromatic heterocycles. The molecule has 24 heavy (non-hydrogen) atoms. The van der Waals surface area contributed by atoms with Crippen molar-refractivity contribution in [3.63, 3.8) is 0 Å². The highest BCUT2D eigenvalue weighted by Crippen LogP contribution is 2.06. The van der Waals surface area contributed by atoms with Gasteiger partial charge >= 0.3 is 5.97 Å². The molecule has 138 valence electrons. The Labute approximate surface area is 146 Å². The smallest absolute Gasteiger partial charge is 0.322 e. The third kappa shape index (κ3) is 8.73. The fourth-order valence-corrected chi connectivity index (χ4v) is 1.93. The molecule has 0 bridgehead atoms. The zero-order valence-corrected chi connectivity index (χ0v) is 14.9. The summed E-state index contributed by atoms with van der Waals surface area (Å²) in [6, 6.07) is -2.63. The highest BCUT2D eigenvalue weighted by Gasteiger charge is 2.26. The second kappa shape index (κ2) is 10.9. The van der Waals surface area contributed by atoms with Crippen LogP contribution in [0.5, 0.6) is 0 Å². The molecule has 0 saturated heterocycles. The first-order valence-corrected chi connectivity index (χ1v) is 8.18. The van der Waals surface area contributed by atoms with Gasteiger partial charge in [-0.25, -0.2) is 0 Å². The van der Waals surface area contributed by atoms with E-state index in [0.29, 0.717) is 6.42 Å². The fourth-order valence-electron chi connectivity index (χ4n) is 1.76. The average molecular weight is 362 g/mol. The van der Waals surface area contributed by atoms with E-state index in [0.717, 1.165) is 0 Å². The van der Waals surface area contributed by atoms with Crippen LogP contribution in [-0.2, 0) is 19.2 Å². The molecule has 0 spiro atoms. The molecule has 6 N–H and O–H groups in total. The molecule has 0 aliphatic rings. The van der Waals surface area contributed by atoms with E-state index in [1.807, 2.05) is 13.8 Å². The van der Waals surface area contributed by atoms with Crippen molar-refractivity contribution in [2.45, 2.75) is 45.3 Å². The third-order valence-electron chi connectivity index (χ3n) is 3.04. The quantitative estimate of drug-likeness (QED) is 0.260. The summed E-state index contributed by atoms with van der Waals surface area (Å²) < 4.78 is 0. The average Bonchev–Trinajstić information content (AvgIpc) is 2.50. The molecule has 0 heterocycles. The van der Waals surface area contributed by atoms with Crippen LogP contribution in [0.1, 0.15) is 27.2 Å². The van der Waals surface area contributed by atoms with Gasteiger partial charge in [0.25, 0.3) is 0 Å². The van der Waals surface area contributed by atoms with E-state index in [9.17, 15) is 19.2 Å². The summed E-state index contributed by atoms with van der Waals surface area (Å²) in [5.41, 5.74) is 5.57. The molecule has 0 radical (unpaired) electrons. The van der Waals surface area contributed by atoms with Gasteiger partial charge in [-0.2, -0.15) is 12.6 Å². The lowest BCUT2D eigenvalue weighted by Gasteiger charge is -2.23. The second-order valence-corrected chi connectivity index (χ2v) is 6.19. The molecular weight excluding hydrogens is 336 g/mol. The van der Waals surface area contributed by atoms with Gasteiger partial charge in [0.2, 0.25) is 17.7 Å². The summed E-state index contributed by atoms with van der Waals surface area (Å²) in [4.78, 5) is 46.3. The summed E-state index contributed by atoms with van der Waals surface area (Å²) in [6.45, 7) is 4.65. The van der Waals surface area contributed by atoms with Gasteiger partial charge in [0.1, 0.15) is 18.6 Å². The number of amides is 3. The molecule has 10 heteroatoms. The molecule has 0 rings (SSSR count). The summed E-state index contributed by atoms with van der Waals surface area (Å²) in [6.07, 6.45) is 0.361. The lowest BCUT2D eigenvalue weighted by molar-refractivity contribution is -0.138. The van der Waals surface area contributed by atoms with Crippen LogP contribution in [-0.4, -0.2) is 59.2 Å². The number of aliphatic carboxylic acids is 1. The van der Waals surface area contributed by atoms with E-state index < -0.39 is 48.4 Å². The Hall–Kier alpha value is -1.81. The van der Waals surface area contributed by atoms with Crippen LogP contribution in [0, 0.1) is 5.92 Å². The van der Waals surface area contributed by atoms with Crippen molar-refractivity contribution in [3.8, 4) is 0 Å². The summed E-state index contributed by atoms with van der Waals surface area (Å²) >= 11 is 3.93. The van der Waals surface area contributed by atoms with Gasteiger partial charge in [-0.15, -0.1) is 0 Å². The Morgan fingerprint density at radius 2 is 1.62 bits per heavy atom. The van der Waals surface area contributed by atoms with Crippen molar-refractivity contribution in [1.82, 2.24) is 16.0 Å². The van der Waals surface area contributed by atoms with Gasteiger partial charge in [0, 0.05) is 5.75 Å². The maximum atomic E-state index is 12.3. The lowest BCUT2D eigenvalue weighted by Crippen LogP contribution is -2.55. The van der Waals surface area contributed by atoms with Gasteiger partial charge in [0.05, 0.1) is 6.04 Å². The van der Waals surface area contributed by atoms with Crippen molar-refractivity contribution in [3.05, 3.63) is 0 Å². The molecule has 9 nitrogen and oxygen atoms in total. The molecule has 3 amide bonds. The van der Waals surface area contributed by atoms with E-state index in [4.69, 9.17) is 10.8 Å². The normalized spacial score (nSPS) is 14.4. The third-order valence-corrected chi connectivity index (χ3v) is 3.43. The van der Waals surface area contributed by atoms with Gasteiger partial charge in [0.15, 0.2) is 0 Å². The number of hydrogen-bond acceptors (Lipinski definition) is 6. The highest BCUT2D eigenvalue weighted by atomic mass is 32.1. The molecule has 3 atom stereocenters. The van der Waals surface area contributed by atoms with Gasteiger partial charge < -0.3 is 26.8 Å². The Balaban J connectivity index is 4.77. The molecule has 0 aromatic carbocycles. The van der Waals surface area contributed by atoms with Crippen LogP contribution in [0.2, 0.25) is 0 Å². The first-order valence-electron chi connectivity index (χ1n) is 7.55. The number of hydrogen-bond donors (Lipinski definition) is 6. The minimum atomic E-state index is -1.19. The van der Waals surface area contributed by atoms with Crippen molar-refractivity contribution in [2.75, 3.05) is 12.3 Å². The predicted molar refractivity (Wildman–Crippen MR) is 91.5 cm³/mol. The minimum absolute atomic E-state index is 0.115. The topological polar surface area (TPSA) is 151 Å². The van der Waals surface area contributed by atoms with E-state index in [1.165, 1.54) is 6.92 Å². The number of nitrogens with two attached hydrogens (primary N) is 1. The minimum Gasteiger partial charge on any atom is -0.480 e. The lowest BCUT2D eigenvalue weighted by atomic mass is 10.0. The Morgan fingerprint density at radius 1 is 1.04 bits per heavy atom. The fraction of sp³-hybridized carbons (Fsp3) is 0.714. The Morgan fingerprint density at radius 3 is 2.08 bits per heavy atom. The molecule has 0 aromatic rings. The van der Waals surface area contributed by atoms with Crippen molar-refractivity contribution in [2.24, 2.45) is 11.7 Å². The van der Waals surface area contributed by atoms with E-state index in [2.05, 4.69) is 28.6 Å². The van der Waals surface area contributed by atoms with Crippen LogP contribution in [0.25, 0.3) is 0 Å². The van der Waals surface area contributed by atoms with Crippen molar-refractivity contribution < 1.29 is 24.3 Å². The number of carboxylic acids is 1. The molecule has 0 saturated carbocycles. The van der Waals surface area contributed by atoms with Gasteiger partial charge in [-0.1, -0.05) is 13.8 Å². The Bertz CT molecular complexity index is 472. The monoisotopic (exact) mass is 362 g/mol. The maximum Gasteiger partial charge on any atom is 0.322 e. The molecule has 0 aliphatic carbocycles. The van der Waals surface area contributed by atoms with Crippen molar-refractivity contribution >= 4 is 36.3 Å². The Kier molecular flexibility index (Phi) is 10.0. The largest absolute Gasteiger partial charge is 0.480 e. The number of carbonyl (C=O) groups excluding carboxylic acids is 3. The van der Waals surface area contributed by atoms with Gasteiger partial charge in [-0.3, -0.25) is 19.2 Å². The standard InChI is InChI=1S/C14H26N4O5S/c1-7(2)4-10(18-13(22)9(15)6-24)14(23)17-8(3)12(21)16-5-11(19)20/h7-10,24H,4-6,15H2,1-3H3,(H,16,21)(H,17,23)(H,18,22)(H,19,20). The number of nitrogens with one attached hydrogen (secondary N) is 3. The van der Waals surface area contributed by atoms with E-state index in [-0.39, 0.29) is 11.7 Å². The SMILES string of the molecule is CC(C)CC(NC(=O)C(N)CS)C(=O)NC(C)C(=O)NCC(=O)O. The predicted octanol–water partition coefficient (Wildman–Crippen LogP) is -1.52. The van der Waals surface area contributed by atoms with Crippen LogP contribution in [0.3, 0.4) is 0 Å². The maximum absolute atomic E-state index is 12.3. The number of thiol groups is 1. The number of carboxylic acid groups (broad SMARTS) is 1.